The highest BCUT2D eigenvalue weighted by Crippen LogP contribution is 2.25. The zero-order chi connectivity index (χ0) is 21.1. The molecule has 0 aliphatic rings. The fraction of sp³-hybridized carbons (Fsp3) is 0.130. The van der Waals surface area contributed by atoms with E-state index in [1.165, 1.54) is 5.56 Å². The normalized spacial score (nSPS) is 10.6. The lowest BCUT2D eigenvalue weighted by atomic mass is 10.1. The molecule has 0 aliphatic carbocycles. The van der Waals surface area contributed by atoms with Gasteiger partial charge in [-0.15, -0.1) is 12.4 Å². The Hall–Kier alpha value is -2.35. The van der Waals surface area contributed by atoms with Gasteiger partial charge in [0.2, 0.25) is 5.95 Å². The third kappa shape index (κ3) is 5.47. The SMILES string of the molecule is Cl.Nc1nc2cc(NC(=O)c3ccc(Br)c(Br)c3)ccc2n1CCCc1ccccc1. The van der Waals surface area contributed by atoms with Crippen molar-refractivity contribution in [3.63, 3.8) is 0 Å². The molecule has 160 valence electrons. The second kappa shape index (κ2) is 10.3. The van der Waals surface area contributed by atoms with Gasteiger partial charge in [-0.05, 0) is 86.7 Å². The molecule has 4 rings (SSSR count). The molecule has 1 heterocycles. The molecule has 0 aliphatic heterocycles. The zero-order valence-electron chi connectivity index (χ0n) is 16.5. The van der Waals surface area contributed by atoms with Crippen molar-refractivity contribution in [2.24, 2.45) is 0 Å². The fourth-order valence-electron chi connectivity index (χ4n) is 3.39. The van der Waals surface area contributed by atoms with Gasteiger partial charge < -0.3 is 15.6 Å². The van der Waals surface area contributed by atoms with Gasteiger partial charge in [-0.1, -0.05) is 30.3 Å². The third-order valence-corrected chi connectivity index (χ3v) is 6.79. The van der Waals surface area contributed by atoms with Gasteiger partial charge in [0.25, 0.3) is 5.91 Å². The second-order valence-corrected chi connectivity index (χ2v) is 8.71. The van der Waals surface area contributed by atoms with E-state index >= 15 is 0 Å². The summed E-state index contributed by atoms with van der Waals surface area (Å²) in [4.78, 5) is 17.0. The first kappa shape index (κ1) is 23.3. The number of fused-ring (bicyclic) bond motifs is 1. The van der Waals surface area contributed by atoms with E-state index < -0.39 is 0 Å². The Morgan fingerprint density at radius 2 is 1.77 bits per heavy atom. The Kier molecular flexibility index (Phi) is 7.75. The predicted octanol–water partition coefficient (Wildman–Crippen LogP) is 6.45. The summed E-state index contributed by atoms with van der Waals surface area (Å²) in [6.07, 6.45) is 1.95. The van der Waals surface area contributed by atoms with Gasteiger partial charge in [-0.3, -0.25) is 4.79 Å². The number of nitrogens with zero attached hydrogens (tertiary/aromatic N) is 2. The molecule has 5 nitrogen and oxygen atoms in total. The summed E-state index contributed by atoms with van der Waals surface area (Å²) in [6, 6.07) is 21.5. The monoisotopic (exact) mass is 562 g/mol. The maximum Gasteiger partial charge on any atom is 0.255 e. The van der Waals surface area contributed by atoms with E-state index in [1.54, 1.807) is 12.1 Å². The van der Waals surface area contributed by atoms with Gasteiger partial charge in [0, 0.05) is 26.7 Å². The number of benzene rings is 3. The van der Waals surface area contributed by atoms with Crippen LogP contribution in [0.2, 0.25) is 0 Å². The van der Waals surface area contributed by atoms with Crippen LogP contribution in [0.5, 0.6) is 0 Å². The number of hydrogen-bond acceptors (Lipinski definition) is 3. The number of hydrogen-bond donors (Lipinski definition) is 2. The van der Waals surface area contributed by atoms with Gasteiger partial charge in [-0.2, -0.15) is 0 Å². The molecule has 0 bridgehead atoms. The second-order valence-electron chi connectivity index (χ2n) is 7.00. The predicted molar refractivity (Wildman–Crippen MR) is 136 cm³/mol. The minimum atomic E-state index is -0.183. The Labute approximate surface area is 203 Å². The molecule has 0 fully saturated rings. The van der Waals surface area contributed by atoms with Gasteiger partial charge in [0.05, 0.1) is 11.0 Å². The maximum absolute atomic E-state index is 12.6. The average molecular weight is 565 g/mol. The highest BCUT2D eigenvalue weighted by atomic mass is 79.9. The van der Waals surface area contributed by atoms with Crippen LogP contribution >= 0.6 is 44.3 Å². The van der Waals surface area contributed by atoms with Crippen molar-refractivity contribution in [2.75, 3.05) is 11.1 Å². The van der Waals surface area contributed by atoms with Crippen molar-refractivity contribution >= 4 is 72.8 Å². The number of halogens is 3. The first-order chi connectivity index (χ1) is 14.5. The van der Waals surface area contributed by atoms with Crippen molar-refractivity contribution in [1.29, 1.82) is 0 Å². The number of aromatic nitrogens is 2. The van der Waals surface area contributed by atoms with Crippen LogP contribution in [0.4, 0.5) is 11.6 Å². The van der Waals surface area contributed by atoms with Crippen LogP contribution in [0.3, 0.4) is 0 Å². The lowest BCUT2D eigenvalue weighted by Gasteiger charge is -2.08. The number of nitrogens with two attached hydrogens (primary N) is 1. The smallest absolute Gasteiger partial charge is 0.255 e. The lowest BCUT2D eigenvalue weighted by Crippen LogP contribution is -2.11. The van der Waals surface area contributed by atoms with Crippen LogP contribution in [0.25, 0.3) is 11.0 Å². The number of nitrogens with one attached hydrogen (secondary N) is 1. The van der Waals surface area contributed by atoms with Gasteiger partial charge in [0.15, 0.2) is 0 Å². The molecule has 3 N–H and O–H groups in total. The van der Waals surface area contributed by atoms with Crippen molar-refractivity contribution in [3.8, 4) is 0 Å². The van der Waals surface area contributed by atoms with E-state index in [2.05, 4.69) is 66.4 Å². The van der Waals surface area contributed by atoms with Crippen LogP contribution in [0.1, 0.15) is 22.3 Å². The number of aryl methyl sites for hydroxylation is 2. The maximum atomic E-state index is 12.6. The molecular formula is C23H21Br2ClN4O. The molecule has 3 aromatic carbocycles. The Balaban J connectivity index is 0.00000272. The molecule has 0 saturated heterocycles. The summed E-state index contributed by atoms with van der Waals surface area (Å²) in [7, 11) is 0. The molecule has 0 saturated carbocycles. The molecule has 0 unspecified atom stereocenters. The largest absolute Gasteiger partial charge is 0.369 e. The van der Waals surface area contributed by atoms with Crippen molar-refractivity contribution in [3.05, 3.63) is 86.8 Å². The van der Waals surface area contributed by atoms with Crippen LogP contribution < -0.4 is 11.1 Å². The van der Waals surface area contributed by atoms with E-state index in [4.69, 9.17) is 5.73 Å². The topological polar surface area (TPSA) is 72.9 Å². The van der Waals surface area contributed by atoms with Gasteiger partial charge in [0.1, 0.15) is 0 Å². The number of rotatable bonds is 6. The van der Waals surface area contributed by atoms with Crippen LogP contribution in [0.15, 0.2) is 75.7 Å². The molecular weight excluding hydrogens is 544 g/mol. The zero-order valence-corrected chi connectivity index (χ0v) is 20.5. The number of anilines is 2. The van der Waals surface area contributed by atoms with Crippen molar-refractivity contribution in [2.45, 2.75) is 19.4 Å². The number of carbonyl (C=O) groups is 1. The standard InChI is InChI=1S/C23H20Br2N4O.ClH/c24-18-10-8-16(13-19(18)25)22(30)27-17-9-11-21-20(14-17)28-23(26)29(21)12-4-7-15-5-2-1-3-6-15;/h1-3,5-6,8-11,13-14H,4,7,12H2,(H2,26,28)(H,27,30);1H. The summed E-state index contributed by atoms with van der Waals surface area (Å²) in [5.41, 5.74) is 10.4. The van der Waals surface area contributed by atoms with Crippen molar-refractivity contribution < 1.29 is 4.79 Å². The Morgan fingerprint density at radius 1 is 1.00 bits per heavy atom. The Bertz CT molecular complexity index is 1210. The number of nitrogen functional groups attached to an aromatic ring is 1. The average Bonchev–Trinajstić information content (AvgIpc) is 3.05. The van der Waals surface area contributed by atoms with E-state index in [0.29, 0.717) is 17.2 Å². The molecule has 8 heteroatoms. The summed E-state index contributed by atoms with van der Waals surface area (Å²) in [6.45, 7) is 0.788. The highest BCUT2D eigenvalue weighted by molar-refractivity contribution is 9.13. The molecule has 1 aromatic heterocycles. The van der Waals surface area contributed by atoms with Crippen LogP contribution in [0, 0.1) is 0 Å². The number of imidazole rings is 1. The molecule has 1 amide bonds. The number of amides is 1. The first-order valence-corrected chi connectivity index (χ1v) is 11.2. The molecule has 0 spiro atoms. The minimum absolute atomic E-state index is 0. The summed E-state index contributed by atoms with van der Waals surface area (Å²) < 4.78 is 3.75. The van der Waals surface area contributed by atoms with E-state index in [0.717, 1.165) is 39.4 Å². The van der Waals surface area contributed by atoms with Crippen LogP contribution in [-0.2, 0) is 13.0 Å². The quantitative estimate of drug-likeness (QED) is 0.283. The first-order valence-electron chi connectivity index (χ1n) is 9.57. The summed E-state index contributed by atoms with van der Waals surface area (Å²) >= 11 is 6.84. The third-order valence-electron chi connectivity index (χ3n) is 4.91. The molecule has 0 radical (unpaired) electrons. The molecule has 0 atom stereocenters. The summed E-state index contributed by atoms with van der Waals surface area (Å²) in [5.74, 6) is 0.302. The number of carbonyl (C=O) groups excluding carboxylic acids is 1. The molecule has 31 heavy (non-hydrogen) atoms. The van der Waals surface area contributed by atoms with E-state index in [-0.39, 0.29) is 18.3 Å². The van der Waals surface area contributed by atoms with Gasteiger partial charge >= 0.3 is 0 Å². The highest BCUT2D eigenvalue weighted by Gasteiger charge is 2.12. The van der Waals surface area contributed by atoms with Crippen molar-refractivity contribution in [1.82, 2.24) is 9.55 Å². The van der Waals surface area contributed by atoms with E-state index in [1.807, 2.05) is 34.9 Å². The molecule has 4 aromatic rings. The van der Waals surface area contributed by atoms with Gasteiger partial charge in [-0.25, -0.2) is 4.98 Å². The summed E-state index contributed by atoms with van der Waals surface area (Å²) in [5, 5.41) is 2.93. The lowest BCUT2D eigenvalue weighted by molar-refractivity contribution is 0.102. The van der Waals surface area contributed by atoms with E-state index in [9.17, 15) is 4.79 Å². The van der Waals surface area contributed by atoms with Crippen LogP contribution in [-0.4, -0.2) is 15.5 Å². The Morgan fingerprint density at radius 3 is 2.52 bits per heavy atom. The fourth-order valence-corrected chi connectivity index (χ4v) is 4.01. The minimum Gasteiger partial charge on any atom is -0.369 e.